The van der Waals surface area contributed by atoms with Crippen molar-refractivity contribution in [1.82, 2.24) is 9.97 Å². The first kappa shape index (κ1) is 9.81. The highest BCUT2D eigenvalue weighted by Crippen LogP contribution is 2.24. The van der Waals surface area contributed by atoms with E-state index >= 15 is 0 Å². The van der Waals surface area contributed by atoms with Crippen LogP contribution in [0.1, 0.15) is 0 Å². The Bertz CT molecular complexity index is 624. The van der Waals surface area contributed by atoms with Crippen molar-refractivity contribution in [1.29, 1.82) is 0 Å². The van der Waals surface area contributed by atoms with E-state index in [1.54, 1.807) is 12.1 Å². The number of aromatic nitrogens is 2. The van der Waals surface area contributed by atoms with E-state index in [9.17, 15) is 8.42 Å². The van der Waals surface area contributed by atoms with Crippen molar-refractivity contribution in [3.63, 3.8) is 0 Å². The Morgan fingerprint density at radius 2 is 2.07 bits per heavy atom. The maximum absolute atomic E-state index is 10.9. The second-order valence-electron chi connectivity index (χ2n) is 2.89. The molecule has 0 bridgehead atoms. The van der Waals surface area contributed by atoms with E-state index < -0.39 is 15.0 Å². The first-order valence-electron chi connectivity index (χ1n) is 3.97. The summed E-state index contributed by atoms with van der Waals surface area (Å²) in [4.78, 5) is 7.28. The normalized spacial score (nSPS) is 11.8. The summed E-state index contributed by atoms with van der Waals surface area (Å²) in [6.07, 6.45) is 2.50. The van der Waals surface area contributed by atoms with Gasteiger partial charge >= 0.3 is 0 Å². The number of rotatable bonds is 1. The summed E-state index contributed by atoms with van der Waals surface area (Å²) in [7, 11) is -4.34. The summed E-state index contributed by atoms with van der Waals surface area (Å²) in [5.41, 5.74) is 5.88. The molecule has 0 saturated carbocycles. The van der Waals surface area contributed by atoms with Crippen LogP contribution in [0.5, 0.6) is 0 Å². The van der Waals surface area contributed by atoms with Gasteiger partial charge in [-0.1, -0.05) is 0 Å². The molecule has 2 heterocycles. The largest absolute Gasteiger partial charge is 0.397 e. The third-order valence-corrected chi connectivity index (χ3v) is 2.81. The molecule has 0 spiro atoms. The van der Waals surface area contributed by atoms with Gasteiger partial charge in [-0.2, -0.15) is 8.42 Å². The average Bonchev–Trinajstić information content (AvgIpc) is 2.16. The zero-order valence-corrected chi connectivity index (χ0v) is 8.27. The number of fused-ring (bicyclic) bond motifs is 1. The van der Waals surface area contributed by atoms with Crippen LogP contribution in [0.4, 0.5) is 5.69 Å². The maximum Gasteiger partial charge on any atom is 0.298 e. The Kier molecular flexibility index (Phi) is 2.06. The van der Waals surface area contributed by atoms with Gasteiger partial charge in [-0.3, -0.25) is 4.55 Å². The van der Waals surface area contributed by atoms with Gasteiger partial charge in [-0.05, 0) is 12.1 Å². The molecule has 3 N–H and O–H groups in total. The van der Waals surface area contributed by atoms with Gasteiger partial charge in [0.2, 0.25) is 0 Å². The smallest absolute Gasteiger partial charge is 0.298 e. The molecule has 0 saturated heterocycles. The lowest BCUT2D eigenvalue weighted by Gasteiger charge is -2.04. The molecule has 0 unspecified atom stereocenters. The molecule has 0 aliphatic carbocycles. The first-order valence-corrected chi connectivity index (χ1v) is 5.41. The molecule has 15 heavy (non-hydrogen) atoms. The third kappa shape index (κ3) is 1.62. The van der Waals surface area contributed by atoms with Crippen molar-refractivity contribution in [2.45, 2.75) is 4.90 Å². The van der Waals surface area contributed by atoms with E-state index in [0.717, 1.165) is 6.20 Å². The highest BCUT2D eigenvalue weighted by molar-refractivity contribution is 7.86. The summed E-state index contributed by atoms with van der Waals surface area (Å²) in [6, 6.07) is 3.19. The van der Waals surface area contributed by atoms with Gasteiger partial charge < -0.3 is 5.73 Å². The van der Waals surface area contributed by atoms with Crippen LogP contribution in [0.2, 0.25) is 0 Å². The monoisotopic (exact) mass is 225 g/mol. The third-order valence-electron chi connectivity index (χ3n) is 1.92. The van der Waals surface area contributed by atoms with Gasteiger partial charge in [0, 0.05) is 11.6 Å². The summed E-state index contributed by atoms with van der Waals surface area (Å²) in [6.45, 7) is 0. The molecule has 2 aromatic heterocycles. The Morgan fingerprint density at radius 3 is 2.73 bits per heavy atom. The minimum Gasteiger partial charge on any atom is -0.397 e. The molecule has 0 atom stereocenters. The topological polar surface area (TPSA) is 106 Å². The van der Waals surface area contributed by atoms with E-state index in [1.807, 2.05) is 0 Å². The van der Waals surface area contributed by atoms with Gasteiger partial charge in [-0.25, -0.2) is 9.97 Å². The highest BCUT2D eigenvalue weighted by Gasteiger charge is 2.16. The Labute approximate surface area is 85.5 Å². The molecule has 2 aromatic rings. The molecular formula is C8H7N3O3S. The summed E-state index contributed by atoms with van der Waals surface area (Å²) < 4.78 is 30.7. The zero-order valence-electron chi connectivity index (χ0n) is 7.45. The fourth-order valence-electron chi connectivity index (χ4n) is 1.24. The molecule has 78 valence electrons. The number of nitrogens with two attached hydrogens (primary N) is 1. The SMILES string of the molecule is Nc1c(S(=O)(=O)O)cnc2ncccc12. The van der Waals surface area contributed by atoms with Crippen molar-refractivity contribution in [2.75, 3.05) is 5.73 Å². The Balaban J connectivity index is 2.88. The number of hydrogen-bond acceptors (Lipinski definition) is 5. The summed E-state index contributed by atoms with van der Waals surface area (Å²) >= 11 is 0. The van der Waals surface area contributed by atoms with Gasteiger partial charge in [-0.15, -0.1) is 0 Å². The van der Waals surface area contributed by atoms with E-state index in [1.165, 1.54) is 6.20 Å². The average molecular weight is 225 g/mol. The lowest BCUT2D eigenvalue weighted by Crippen LogP contribution is -2.04. The minimum absolute atomic E-state index is 0.0457. The van der Waals surface area contributed by atoms with Crippen LogP contribution in [0.25, 0.3) is 11.0 Å². The van der Waals surface area contributed by atoms with Gasteiger partial charge in [0.1, 0.15) is 4.90 Å². The maximum atomic E-state index is 10.9. The van der Waals surface area contributed by atoms with Crippen LogP contribution in [0.15, 0.2) is 29.4 Å². The molecule has 0 fully saturated rings. The van der Waals surface area contributed by atoms with Crippen molar-refractivity contribution < 1.29 is 13.0 Å². The molecular weight excluding hydrogens is 218 g/mol. The van der Waals surface area contributed by atoms with Crippen LogP contribution >= 0.6 is 0 Å². The second-order valence-corrected chi connectivity index (χ2v) is 4.28. The predicted molar refractivity (Wildman–Crippen MR) is 53.8 cm³/mol. The Morgan fingerprint density at radius 1 is 1.33 bits per heavy atom. The lowest BCUT2D eigenvalue weighted by molar-refractivity contribution is 0.483. The molecule has 2 rings (SSSR count). The minimum atomic E-state index is -4.34. The van der Waals surface area contributed by atoms with E-state index in [-0.39, 0.29) is 5.69 Å². The van der Waals surface area contributed by atoms with Crippen LogP contribution in [0, 0.1) is 0 Å². The highest BCUT2D eigenvalue weighted by atomic mass is 32.2. The van der Waals surface area contributed by atoms with Gasteiger partial charge in [0.15, 0.2) is 5.65 Å². The number of nitrogens with zero attached hydrogens (tertiary/aromatic N) is 2. The van der Waals surface area contributed by atoms with Crippen LogP contribution in [-0.4, -0.2) is 22.9 Å². The molecule has 0 aliphatic heterocycles. The zero-order chi connectivity index (χ0) is 11.1. The van der Waals surface area contributed by atoms with Crippen LogP contribution < -0.4 is 5.73 Å². The lowest BCUT2D eigenvalue weighted by atomic mass is 10.2. The van der Waals surface area contributed by atoms with Gasteiger partial charge in [0.25, 0.3) is 10.1 Å². The van der Waals surface area contributed by atoms with E-state index in [2.05, 4.69) is 9.97 Å². The molecule has 6 nitrogen and oxygen atoms in total. The van der Waals surface area contributed by atoms with Crippen LogP contribution in [0.3, 0.4) is 0 Å². The van der Waals surface area contributed by atoms with E-state index in [4.69, 9.17) is 10.3 Å². The van der Waals surface area contributed by atoms with Crippen LogP contribution in [-0.2, 0) is 10.1 Å². The fourth-order valence-corrected chi connectivity index (χ4v) is 1.81. The van der Waals surface area contributed by atoms with Crippen molar-refractivity contribution >= 4 is 26.8 Å². The molecule has 0 radical (unpaired) electrons. The number of nitrogen functional groups attached to an aromatic ring is 1. The van der Waals surface area contributed by atoms with Crippen molar-refractivity contribution in [3.05, 3.63) is 24.5 Å². The number of anilines is 1. The van der Waals surface area contributed by atoms with Gasteiger partial charge in [0.05, 0.1) is 11.9 Å². The molecule has 0 aromatic carbocycles. The molecule has 0 amide bonds. The number of hydrogen-bond donors (Lipinski definition) is 2. The molecule has 7 heteroatoms. The summed E-state index contributed by atoms with van der Waals surface area (Å²) in [5, 5.41) is 0.396. The predicted octanol–water partition coefficient (Wildman–Crippen LogP) is 0.459. The Hall–Kier alpha value is -1.73. The molecule has 0 aliphatic rings. The standard InChI is InChI=1S/C8H7N3O3S/c9-7-5-2-1-3-10-8(5)11-4-6(7)15(12,13)14/h1-4H,(H2,9,10,11)(H,12,13,14). The first-order chi connectivity index (χ1) is 7.00. The van der Waals surface area contributed by atoms with Crippen molar-refractivity contribution in [2.24, 2.45) is 0 Å². The second kappa shape index (κ2) is 3.14. The number of pyridine rings is 2. The fraction of sp³-hybridized carbons (Fsp3) is 0. The van der Waals surface area contributed by atoms with Crippen molar-refractivity contribution in [3.8, 4) is 0 Å². The van der Waals surface area contributed by atoms with E-state index in [0.29, 0.717) is 11.0 Å². The summed E-state index contributed by atoms with van der Waals surface area (Å²) in [5.74, 6) is 0. The quantitative estimate of drug-likeness (QED) is 0.683.